The van der Waals surface area contributed by atoms with Gasteiger partial charge in [0.05, 0.1) is 24.8 Å². The molecule has 2 aliphatic rings. The molecule has 4 rings (SSSR count). The maximum atomic E-state index is 12.1. The Morgan fingerprint density at radius 2 is 1.17 bits per heavy atom. The number of benzene rings is 2. The van der Waals surface area contributed by atoms with Crippen LogP contribution in [-0.4, -0.2) is 78.5 Å². The Bertz CT molecular complexity index is 1580. The first-order valence-electron chi connectivity index (χ1n) is 15.9. The first kappa shape index (κ1) is 37.7. The van der Waals surface area contributed by atoms with Gasteiger partial charge in [-0.1, -0.05) is 12.2 Å². The monoisotopic (exact) mass is 666 g/mol. The van der Waals surface area contributed by atoms with E-state index >= 15 is 0 Å². The fourth-order valence-electron chi connectivity index (χ4n) is 5.37. The molecule has 2 aromatic carbocycles. The van der Waals surface area contributed by atoms with Gasteiger partial charge in [0.1, 0.15) is 17.0 Å². The summed E-state index contributed by atoms with van der Waals surface area (Å²) in [5.41, 5.74) is 11.7. The van der Waals surface area contributed by atoms with Crippen molar-refractivity contribution in [1.29, 1.82) is 0 Å². The highest BCUT2D eigenvalue weighted by Crippen LogP contribution is 2.36. The minimum atomic E-state index is -0.524. The molecule has 12 nitrogen and oxygen atoms in total. The summed E-state index contributed by atoms with van der Waals surface area (Å²) in [6.45, 7) is 17.2. The Balaban J connectivity index is 0.000000261. The molecule has 2 aliphatic heterocycles. The van der Waals surface area contributed by atoms with Crippen molar-refractivity contribution in [2.45, 2.75) is 79.4 Å². The molecule has 2 heterocycles. The van der Waals surface area contributed by atoms with Gasteiger partial charge in [-0.2, -0.15) is 0 Å². The maximum Gasteiger partial charge on any atom is 0.410 e. The molecule has 0 saturated heterocycles. The van der Waals surface area contributed by atoms with Crippen molar-refractivity contribution in [2.24, 2.45) is 0 Å². The number of aryl methyl sites for hydroxylation is 2. The zero-order valence-electron chi connectivity index (χ0n) is 29.9. The second-order valence-corrected chi connectivity index (χ2v) is 13.8. The Hall–Kier alpha value is -4.74. The molecule has 0 aromatic heterocycles. The number of carbonyl (C=O) groups is 2. The lowest BCUT2D eigenvalue weighted by molar-refractivity contribution is -0.385. The number of amides is 2. The second kappa shape index (κ2) is 15.4. The summed E-state index contributed by atoms with van der Waals surface area (Å²) in [6.07, 6.45) is 4.88. The molecular weight excluding hydrogens is 616 g/mol. The van der Waals surface area contributed by atoms with E-state index in [1.54, 1.807) is 23.0 Å². The standard InChI is InChI=1S/C18H24N2O5.C18H26N2O3/c1-12-10-15(20(22)23)16(24-5)11-14(12)13-6-8-19(9-7-13)17(21)25-18(2,3)4;1-12-10-15(19)16(22-5)11-14(12)13-6-8-20(9-7-13)17(21)23-18(2,3)4/h6,10-11H,7-9H2,1-5H3;6,10-11H,7-9,19H2,1-5H3. The average molecular weight is 667 g/mol. The van der Waals surface area contributed by atoms with Crippen molar-refractivity contribution >= 4 is 34.7 Å². The van der Waals surface area contributed by atoms with E-state index in [0.29, 0.717) is 44.0 Å². The van der Waals surface area contributed by atoms with Crippen LogP contribution in [0, 0.1) is 24.0 Å². The number of hydrogen-bond donors (Lipinski definition) is 1. The average Bonchev–Trinajstić information content (AvgIpc) is 3.00. The normalized spacial score (nSPS) is 15.0. The summed E-state index contributed by atoms with van der Waals surface area (Å²) in [6, 6.07) is 7.12. The van der Waals surface area contributed by atoms with E-state index in [-0.39, 0.29) is 23.6 Å². The van der Waals surface area contributed by atoms with E-state index in [4.69, 9.17) is 24.7 Å². The van der Waals surface area contributed by atoms with Crippen molar-refractivity contribution in [3.8, 4) is 11.5 Å². The van der Waals surface area contributed by atoms with Crippen LogP contribution in [0.15, 0.2) is 36.4 Å². The number of methoxy groups -OCH3 is 2. The molecule has 0 atom stereocenters. The molecule has 0 saturated carbocycles. The van der Waals surface area contributed by atoms with Crippen molar-refractivity contribution in [1.82, 2.24) is 9.80 Å². The Morgan fingerprint density at radius 1 is 0.750 bits per heavy atom. The number of nitro benzene ring substituents is 1. The summed E-state index contributed by atoms with van der Waals surface area (Å²) < 4.78 is 21.3. The van der Waals surface area contributed by atoms with Crippen molar-refractivity contribution in [3.63, 3.8) is 0 Å². The van der Waals surface area contributed by atoms with E-state index in [1.807, 2.05) is 73.6 Å². The summed E-state index contributed by atoms with van der Waals surface area (Å²) in [5.74, 6) is 0.919. The van der Waals surface area contributed by atoms with Crippen LogP contribution in [-0.2, 0) is 9.47 Å². The van der Waals surface area contributed by atoms with Gasteiger partial charge in [-0.3, -0.25) is 10.1 Å². The van der Waals surface area contributed by atoms with E-state index in [9.17, 15) is 19.7 Å². The molecule has 262 valence electrons. The molecule has 2 amide bonds. The van der Waals surface area contributed by atoms with Crippen molar-refractivity contribution in [2.75, 3.05) is 46.1 Å². The Morgan fingerprint density at radius 3 is 1.52 bits per heavy atom. The van der Waals surface area contributed by atoms with Crippen LogP contribution in [0.2, 0.25) is 0 Å². The van der Waals surface area contributed by atoms with Gasteiger partial charge in [0.15, 0.2) is 5.75 Å². The molecule has 0 bridgehead atoms. The highest BCUT2D eigenvalue weighted by Gasteiger charge is 2.26. The summed E-state index contributed by atoms with van der Waals surface area (Å²) in [4.78, 5) is 38.3. The number of nitrogen functional groups attached to an aromatic ring is 1. The summed E-state index contributed by atoms with van der Waals surface area (Å²) in [5, 5.41) is 11.1. The number of anilines is 1. The number of ether oxygens (including phenoxy) is 4. The fraction of sp³-hybridized carbons (Fsp3) is 0.500. The minimum absolute atomic E-state index is 0.0458. The predicted octanol–water partition coefficient (Wildman–Crippen LogP) is 7.55. The molecule has 2 N–H and O–H groups in total. The molecule has 2 aromatic rings. The van der Waals surface area contributed by atoms with Gasteiger partial charge in [-0.05, 0) is 120 Å². The lowest BCUT2D eigenvalue weighted by Gasteiger charge is -2.30. The van der Waals surface area contributed by atoms with Crippen LogP contribution in [0.1, 0.15) is 76.6 Å². The first-order valence-corrected chi connectivity index (χ1v) is 15.9. The molecular formula is C36H50N4O8. The van der Waals surface area contributed by atoms with Crippen LogP contribution < -0.4 is 15.2 Å². The van der Waals surface area contributed by atoms with Gasteiger partial charge in [0, 0.05) is 32.2 Å². The lowest BCUT2D eigenvalue weighted by atomic mass is 9.95. The zero-order chi connectivity index (χ0) is 36.0. The number of carbonyl (C=O) groups excluding carboxylic acids is 2. The molecule has 12 heteroatoms. The van der Waals surface area contributed by atoms with E-state index in [0.717, 1.165) is 34.2 Å². The highest BCUT2D eigenvalue weighted by molar-refractivity contribution is 5.77. The predicted molar refractivity (Wildman–Crippen MR) is 187 cm³/mol. The highest BCUT2D eigenvalue weighted by atomic mass is 16.6. The van der Waals surface area contributed by atoms with Gasteiger partial charge in [-0.25, -0.2) is 9.59 Å². The molecule has 0 fully saturated rings. The third kappa shape index (κ3) is 10.1. The SMILES string of the molecule is COc1cc(C2=CCN(C(=O)OC(C)(C)C)CC2)c(C)cc1N.COc1cc(C2=CCN(C(=O)OC(C)(C)C)CC2)c(C)cc1[N+](=O)[O-]. The minimum Gasteiger partial charge on any atom is -0.495 e. The topological polar surface area (TPSA) is 147 Å². The van der Waals surface area contributed by atoms with Crippen LogP contribution in [0.4, 0.5) is 21.0 Å². The van der Waals surface area contributed by atoms with E-state index < -0.39 is 16.1 Å². The number of nitrogens with two attached hydrogens (primary N) is 1. The smallest absolute Gasteiger partial charge is 0.410 e. The largest absolute Gasteiger partial charge is 0.495 e. The molecule has 0 aliphatic carbocycles. The molecule has 0 unspecified atom stereocenters. The van der Waals surface area contributed by atoms with Crippen molar-refractivity contribution in [3.05, 3.63) is 68.8 Å². The number of nitrogens with zero attached hydrogens (tertiary/aromatic N) is 3. The van der Waals surface area contributed by atoms with Gasteiger partial charge >= 0.3 is 17.9 Å². The number of nitro groups is 1. The Labute approximate surface area is 283 Å². The maximum absolute atomic E-state index is 12.1. The number of rotatable bonds is 5. The lowest BCUT2D eigenvalue weighted by Crippen LogP contribution is -2.39. The van der Waals surface area contributed by atoms with Crippen molar-refractivity contribution < 1.29 is 33.5 Å². The Kier molecular flexibility index (Phi) is 12.1. The first-order chi connectivity index (χ1) is 22.3. The van der Waals surface area contributed by atoms with E-state index in [1.165, 1.54) is 18.7 Å². The van der Waals surface area contributed by atoms with Gasteiger partial charge in [0.2, 0.25) is 0 Å². The van der Waals surface area contributed by atoms with Crippen LogP contribution in [0.25, 0.3) is 11.1 Å². The summed E-state index contributed by atoms with van der Waals surface area (Å²) in [7, 11) is 3.03. The van der Waals surface area contributed by atoms with Crippen LogP contribution in [0.3, 0.4) is 0 Å². The summed E-state index contributed by atoms with van der Waals surface area (Å²) >= 11 is 0. The zero-order valence-corrected chi connectivity index (χ0v) is 29.9. The third-order valence-electron chi connectivity index (χ3n) is 7.71. The number of hydrogen-bond acceptors (Lipinski definition) is 9. The second-order valence-electron chi connectivity index (χ2n) is 13.8. The molecule has 48 heavy (non-hydrogen) atoms. The van der Waals surface area contributed by atoms with Gasteiger partial charge < -0.3 is 34.5 Å². The quantitative estimate of drug-likeness (QED) is 0.194. The fourth-order valence-corrected chi connectivity index (χ4v) is 5.37. The van der Waals surface area contributed by atoms with Gasteiger partial charge in [-0.15, -0.1) is 0 Å². The third-order valence-corrected chi connectivity index (χ3v) is 7.71. The molecule has 0 spiro atoms. The van der Waals surface area contributed by atoms with Crippen LogP contribution >= 0.6 is 0 Å². The van der Waals surface area contributed by atoms with Crippen LogP contribution in [0.5, 0.6) is 11.5 Å². The van der Waals surface area contributed by atoms with Gasteiger partial charge in [0.25, 0.3) is 0 Å². The van der Waals surface area contributed by atoms with E-state index in [2.05, 4.69) is 6.08 Å². The molecule has 0 radical (unpaired) electrons.